The van der Waals surface area contributed by atoms with Crippen LogP contribution < -0.4 is 4.74 Å². The van der Waals surface area contributed by atoms with Crippen molar-refractivity contribution in [1.29, 1.82) is 0 Å². The van der Waals surface area contributed by atoms with E-state index in [0.717, 1.165) is 11.1 Å². The molecule has 0 fully saturated rings. The van der Waals surface area contributed by atoms with Gasteiger partial charge in [-0.3, -0.25) is 4.79 Å². The third kappa shape index (κ3) is 2.20. The Morgan fingerprint density at radius 1 is 1.33 bits per heavy atom. The topological polar surface area (TPSA) is 39.4 Å². The van der Waals surface area contributed by atoms with E-state index in [1.54, 1.807) is 13.2 Å². The number of ether oxygens (including phenoxy) is 1. The van der Waals surface area contributed by atoms with Crippen molar-refractivity contribution >= 4 is 21.7 Å². The molecular weight excluding hydrogens is 296 g/mol. The first-order valence-corrected chi connectivity index (χ1v) is 6.27. The van der Waals surface area contributed by atoms with E-state index < -0.39 is 0 Å². The molecule has 1 aromatic carbocycles. The number of carbonyl (C=O) groups is 1. The fourth-order valence-electron chi connectivity index (χ4n) is 1.97. The van der Waals surface area contributed by atoms with Gasteiger partial charge in [-0.1, -0.05) is 6.07 Å². The Hall–Kier alpha value is -1.55. The zero-order valence-corrected chi connectivity index (χ0v) is 12.0. The predicted molar refractivity (Wildman–Crippen MR) is 72.3 cm³/mol. The maximum atomic E-state index is 12.5. The van der Waals surface area contributed by atoms with E-state index in [4.69, 9.17) is 9.15 Å². The summed E-state index contributed by atoms with van der Waals surface area (Å²) in [5.74, 6) is 0.482. The van der Waals surface area contributed by atoms with Crippen molar-refractivity contribution in [2.75, 3.05) is 7.11 Å². The Labute approximate surface area is 114 Å². The molecule has 0 saturated carbocycles. The first-order valence-electron chi connectivity index (χ1n) is 5.47. The van der Waals surface area contributed by atoms with Crippen molar-refractivity contribution in [3.8, 4) is 5.75 Å². The molecule has 3 nitrogen and oxygen atoms in total. The largest absolute Gasteiger partial charge is 0.496 e. The minimum atomic E-state index is -0.107. The molecule has 0 saturated heterocycles. The molecule has 94 valence electrons. The normalized spacial score (nSPS) is 10.4. The van der Waals surface area contributed by atoms with Gasteiger partial charge in [0.1, 0.15) is 5.75 Å². The van der Waals surface area contributed by atoms with Crippen LogP contribution in [-0.4, -0.2) is 12.9 Å². The van der Waals surface area contributed by atoms with Gasteiger partial charge >= 0.3 is 0 Å². The average Bonchev–Trinajstić information content (AvgIpc) is 2.73. The van der Waals surface area contributed by atoms with Crippen LogP contribution >= 0.6 is 15.9 Å². The van der Waals surface area contributed by atoms with Crippen LogP contribution in [0.15, 0.2) is 33.5 Å². The van der Waals surface area contributed by atoms with Crippen molar-refractivity contribution in [3.05, 3.63) is 51.4 Å². The van der Waals surface area contributed by atoms with Crippen LogP contribution in [0.5, 0.6) is 5.75 Å². The molecule has 0 N–H and O–H groups in total. The molecule has 0 aliphatic heterocycles. The zero-order valence-electron chi connectivity index (χ0n) is 10.4. The lowest BCUT2D eigenvalue weighted by atomic mass is 9.98. The van der Waals surface area contributed by atoms with E-state index in [9.17, 15) is 4.79 Å². The lowest BCUT2D eigenvalue weighted by Gasteiger charge is -2.11. The summed E-state index contributed by atoms with van der Waals surface area (Å²) < 4.78 is 10.8. The van der Waals surface area contributed by atoms with Gasteiger partial charge in [-0.25, -0.2) is 0 Å². The highest BCUT2D eigenvalue weighted by Crippen LogP contribution is 2.29. The molecule has 1 aromatic heterocycles. The van der Waals surface area contributed by atoms with Crippen LogP contribution in [0.2, 0.25) is 0 Å². The van der Waals surface area contributed by atoms with Gasteiger partial charge in [0.05, 0.1) is 24.5 Å². The zero-order chi connectivity index (χ0) is 13.3. The van der Waals surface area contributed by atoms with E-state index in [1.165, 1.54) is 6.26 Å². The Kier molecular flexibility index (Phi) is 3.57. The van der Waals surface area contributed by atoms with Crippen LogP contribution in [-0.2, 0) is 0 Å². The lowest BCUT2D eigenvalue weighted by Crippen LogP contribution is -2.06. The summed E-state index contributed by atoms with van der Waals surface area (Å²) >= 11 is 3.22. The van der Waals surface area contributed by atoms with E-state index >= 15 is 0 Å². The van der Waals surface area contributed by atoms with E-state index in [2.05, 4.69) is 15.9 Å². The molecule has 0 atom stereocenters. The average molecular weight is 309 g/mol. The molecule has 0 amide bonds. The monoisotopic (exact) mass is 308 g/mol. The first kappa shape index (κ1) is 12.9. The number of furan rings is 1. The Balaban J connectivity index is 2.58. The second-order valence-corrected chi connectivity index (χ2v) is 4.82. The molecule has 0 spiro atoms. The summed E-state index contributed by atoms with van der Waals surface area (Å²) in [5.41, 5.74) is 3.03. The summed E-state index contributed by atoms with van der Waals surface area (Å²) in [7, 11) is 1.56. The number of rotatable bonds is 3. The smallest absolute Gasteiger partial charge is 0.201 e. The number of aryl methyl sites for hydroxylation is 2. The molecule has 1 heterocycles. The van der Waals surface area contributed by atoms with Crippen molar-refractivity contribution in [3.63, 3.8) is 0 Å². The van der Waals surface area contributed by atoms with Crippen molar-refractivity contribution < 1.29 is 13.9 Å². The van der Waals surface area contributed by atoms with Crippen molar-refractivity contribution in [2.24, 2.45) is 0 Å². The summed E-state index contributed by atoms with van der Waals surface area (Å²) in [6.07, 6.45) is 1.48. The Morgan fingerprint density at radius 2 is 2.06 bits per heavy atom. The van der Waals surface area contributed by atoms with Gasteiger partial charge in [0.25, 0.3) is 0 Å². The molecule has 2 aromatic rings. The predicted octanol–water partition coefficient (Wildman–Crippen LogP) is 3.90. The first-order chi connectivity index (χ1) is 8.54. The third-order valence-corrected chi connectivity index (χ3v) is 3.37. The highest BCUT2D eigenvalue weighted by atomic mass is 79.9. The standard InChI is InChI=1S/C14H13BrO3/c1-8-6-9(2)12(11(7-8)17-3)13(16)10-4-5-18-14(10)15/h4-7H,1-3H3. The highest BCUT2D eigenvalue weighted by Gasteiger charge is 2.21. The van der Waals surface area contributed by atoms with E-state index in [-0.39, 0.29) is 5.78 Å². The Bertz CT molecular complexity index is 599. The second-order valence-electron chi connectivity index (χ2n) is 4.10. The molecule has 0 aliphatic carbocycles. The number of hydrogen-bond acceptors (Lipinski definition) is 3. The number of carbonyl (C=O) groups excluding carboxylic acids is 1. The lowest BCUT2D eigenvalue weighted by molar-refractivity contribution is 0.103. The van der Waals surface area contributed by atoms with Crippen LogP contribution in [0, 0.1) is 13.8 Å². The Morgan fingerprint density at radius 3 is 2.61 bits per heavy atom. The van der Waals surface area contributed by atoms with Gasteiger partial charge in [0.2, 0.25) is 5.78 Å². The van der Waals surface area contributed by atoms with E-state index in [1.807, 2.05) is 26.0 Å². The molecule has 0 aliphatic rings. The maximum Gasteiger partial charge on any atom is 0.201 e. The third-order valence-electron chi connectivity index (χ3n) is 2.75. The molecule has 0 bridgehead atoms. The number of hydrogen-bond donors (Lipinski definition) is 0. The van der Waals surface area contributed by atoms with Gasteiger partial charge in [0.15, 0.2) is 4.67 Å². The minimum absolute atomic E-state index is 0.107. The van der Waals surface area contributed by atoms with Crippen LogP contribution in [0.25, 0.3) is 0 Å². The summed E-state index contributed by atoms with van der Waals surface area (Å²) in [6, 6.07) is 5.46. The summed E-state index contributed by atoms with van der Waals surface area (Å²) in [5, 5.41) is 0. The maximum absolute atomic E-state index is 12.5. The SMILES string of the molecule is COc1cc(C)cc(C)c1C(=O)c1ccoc1Br. The van der Waals surface area contributed by atoms with Gasteiger partial charge in [-0.05, 0) is 53.0 Å². The van der Waals surface area contributed by atoms with Gasteiger partial charge in [0, 0.05) is 0 Å². The van der Waals surface area contributed by atoms with Gasteiger partial charge in [-0.15, -0.1) is 0 Å². The molecule has 18 heavy (non-hydrogen) atoms. The quantitative estimate of drug-likeness (QED) is 0.807. The number of methoxy groups -OCH3 is 1. The summed E-state index contributed by atoms with van der Waals surface area (Å²) in [4.78, 5) is 12.5. The van der Waals surface area contributed by atoms with Crippen molar-refractivity contribution in [1.82, 2.24) is 0 Å². The number of benzene rings is 1. The fourth-order valence-corrected chi connectivity index (χ4v) is 2.39. The number of ketones is 1. The minimum Gasteiger partial charge on any atom is -0.496 e. The van der Waals surface area contributed by atoms with Crippen LogP contribution in [0.3, 0.4) is 0 Å². The second kappa shape index (κ2) is 4.98. The van der Waals surface area contributed by atoms with Gasteiger partial charge in [-0.2, -0.15) is 0 Å². The molecule has 0 radical (unpaired) electrons. The molecular formula is C14H13BrO3. The molecule has 4 heteroatoms. The van der Waals surface area contributed by atoms with Crippen LogP contribution in [0.4, 0.5) is 0 Å². The fraction of sp³-hybridized carbons (Fsp3) is 0.214. The molecule has 2 rings (SSSR count). The highest BCUT2D eigenvalue weighted by molar-refractivity contribution is 9.10. The van der Waals surface area contributed by atoms with Gasteiger partial charge < -0.3 is 9.15 Å². The number of halogens is 1. The van der Waals surface area contributed by atoms with Crippen molar-refractivity contribution in [2.45, 2.75) is 13.8 Å². The van der Waals surface area contributed by atoms with Crippen LogP contribution in [0.1, 0.15) is 27.0 Å². The van der Waals surface area contributed by atoms with E-state index in [0.29, 0.717) is 21.5 Å². The molecule has 0 unspecified atom stereocenters. The summed E-state index contributed by atoms with van der Waals surface area (Å²) in [6.45, 7) is 3.87.